The maximum Gasteiger partial charge on any atom is 0.269 e. The van der Waals surface area contributed by atoms with Crippen LogP contribution in [0.3, 0.4) is 0 Å². The number of hydrogen-bond acceptors (Lipinski definition) is 6. The number of amides is 1. The number of non-ortho nitro benzene ring substituents is 1. The Balaban J connectivity index is 1.57. The van der Waals surface area contributed by atoms with Gasteiger partial charge in [-0.2, -0.15) is 4.31 Å². The zero-order valence-electron chi connectivity index (χ0n) is 16.6. The van der Waals surface area contributed by atoms with Gasteiger partial charge in [0.05, 0.1) is 15.6 Å². The number of carbonyl (C=O) groups is 1. The van der Waals surface area contributed by atoms with Crippen LogP contribution >= 0.6 is 11.8 Å². The van der Waals surface area contributed by atoms with Gasteiger partial charge in [-0.1, -0.05) is 17.7 Å². The van der Waals surface area contributed by atoms with E-state index in [9.17, 15) is 23.3 Å². The molecule has 10 heteroatoms. The van der Waals surface area contributed by atoms with Gasteiger partial charge in [0.1, 0.15) is 0 Å². The molecule has 0 spiro atoms. The van der Waals surface area contributed by atoms with Crippen molar-refractivity contribution in [3.05, 3.63) is 64.2 Å². The molecule has 2 aromatic carbocycles. The lowest BCUT2D eigenvalue weighted by atomic mass is 10.2. The Kier molecular flexibility index (Phi) is 7.11. The highest BCUT2D eigenvalue weighted by molar-refractivity contribution is 8.00. The zero-order chi connectivity index (χ0) is 21.7. The first-order chi connectivity index (χ1) is 14.3. The number of sulfonamides is 1. The van der Waals surface area contributed by atoms with Crippen LogP contribution in [-0.4, -0.2) is 60.4 Å². The van der Waals surface area contributed by atoms with Crippen molar-refractivity contribution in [2.45, 2.75) is 23.1 Å². The van der Waals surface area contributed by atoms with Gasteiger partial charge < -0.3 is 4.90 Å². The Morgan fingerprint density at radius 1 is 1.03 bits per heavy atom. The van der Waals surface area contributed by atoms with E-state index in [1.165, 1.54) is 28.2 Å². The zero-order valence-corrected chi connectivity index (χ0v) is 18.2. The summed E-state index contributed by atoms with van der Waals surface area (Å²) >= 11 is 1.31. The summed E-state index contributed by atoms with van der Waals surface area (Å²) < 4.78 is 27.2. The van der Waals surface area contributed by atoms with Crippen molar-refractivity contribution >= 4 is 33.4 Å². The average molecular weight is 450 g/mol. The van der Waals surface area contributed by atoms with E-state index >= 15 is 0 Å². The maximum absolute atomic E-state index is 12.9. The summed E-state index contributed by atoms with van der Waals surface area (Å²) in [4.78, 5) is 25.6. The molecule has 0 aromatic heterocycles. The molecule has 1 fully saturated rings. The Morgan fingerprint density at radius 2 is 1.70 bits per heavy atom. The molecule has 0 unspecified atom stereocenters. The molecule has 0 N–H and O–H groups in total. The molecule has 1 aliphatic rings. The molecule has 160 valence electrons. The SMILES string of the molecule is Cc1ccc(S(=O)(=O)N2CCCN(C(=O)CSc3ccc([N+](=O)[O-])cc3)CC2)cc1. The van der Waals surface area contributed by atoms with Crippen LogP contribution < -0.4 is 0 Å². The summed E-state index contributed by atoms with van der Waals surface area (Å²) in [6, 6.07) is 12.8. The standard InChI is InChI=1S/C20H23N3O5S2/c1-16-3-9-19(10-4-16)30(27,28)22-12-2-11-21(13-14-22)20(24)15-29-18-7-5-17(6-8-18)23(25)26/h3-10H,2,11-15H2,1H3. The van der Waals surface area contributed by atoms with Crippen LogP contribution in [0, 0.1) is 17.0 Å². The highest BCUT2D eigenvalue weighted by Crippen LogP contribution is 2.23. The summed E-state index contributed by atoms with van der Waals surface area (Å²) in [6.45, 7) is 3.37. The Hall–Kier alpha value is -2.43. The van der Waals surface area contributed by atoms with E-state index in [4.69, 9.17) is 0 Å². The molecule has 1 amide bonds. The first-order valence-electron chi connectivity index (χ1n) is 9.49. The monoisotopic (exact) mass is 449 g/mol. The number of nitro groups is 1. The van der Waals surface area contributed by atoms with E-state index in [0.717, 1.165) is 10.5 Å². The first kappa shape index (κ1) is 22.3. The molecular formula is C20H23N3O5S2. The summed E-state index contributed by atoms with van der Waals surface area (Å²) in [6.07, 6.45) is 0.568. The number of nitrogens with zero attached hydrogens (tertiary/aromatic N) is 3. The lowest BCUT2D eigenvalue weighted by molar-refractivity contribution is -0.384. The fourth-order valence-corrected chi connectivity index (χ4v) is 5.41. The van der Waals surface area contributed by atoms with Gasteiger partial charge in [-0.25, -0.2) is 8.42 Å². The molecule has 2 aromatic rings. The van der Waals surface area contributed by atoms with Crippen LogP contribution in [0.4, 0.5) is 5.69 Å². The largest absolute Gasteiger partial charge is 0.341 e. The maximum atomic E-state index is 12.9. The van der Waals surface area contributed by atoms with Gasteiger partial charge in [0.2, 0.25) is 15.9 Å². The number of hydrogen-bond donors (Lipinski definition) is 0. The molecule has 0 aliphatic carbocycles. The van der Waals surface area contributed by atoms with E-state index in [1.54, 1.807) is 41.3 Å². The number of aryl methyl sites for hydroxylation is 1. The van der Waals surface area contributed by atoms with Gasteiger partial charge in [-0.05, 0) is 37.6 Å². The highest BCUT2D eigenvalue weighted by atomic mass is 32.2. The van der Waals surface area contributed by atoms with Crippen molar-refractivity contribution in [1.82, 2.24) is 9.21 Å². The summed E-state index contributed by atoms with van der Waals surface area (Å²) in [5, 5.41) is 10.7. The number of benzene rings is 2. The molecule has 0 atom stereocenters. The number of rotatable bonds is 6. The average Bonchev–Trinajstić information content (AvgIpc) is 2.99. The molecule has 1 saturated heterocycles. The van der Waals surface area contributed by atoms with Gasteiger partial charge in [-0.15, -0.1) is 11.8 Å². The van der Waals surface area contributed by atoms with Crippen LogP contribution in [-0.2, 0) is 14.8 Å². The molecule has 0 bridgehead atoms. The fraction of sp³-hybridized carbons (Fsp3) is 0.350. The summed E-state index contributed by atoms with van der Waals surface area (Å²) in [7, 11) is -3.58. The van der Waals surface area contributed by atoms with Crippen LogP contribution in [0.15, 0.2) is 58.3 Å². The van der Waals surface area contributed by atoms with Gasteiger partial charge in [0.15, 0.2) is 0 Å². The second kappa shape index (κ2) is 9.59. The third-order valence-electron chi connectivity index (χ3n) is 4.88. The normalized spacial score (nSPS) is 15.6. The summed E-state index contributed by atoms with van der Waals surface area (Å²) in [5.41, 5.74) is 1.00. The van der Waals surface area contributed by atoms with Gasteiger partial charge >= 0.3 is 0 Å². The molecule has 30 heavy (non-hydrogen) atoms. The Bertz CT molecular complexity index is 1010. The predicted octanol–water partition coefficient (Wildman–Crippen LogP) is 2.92. The number of carbonyl (C=O) groups excluding carboxylic acids is 1. The molecule has 8 nitrogen and oxygen atoms in total. The first-order valence-corrected chi connectivity index (χ1v) is 11.9. The summed E-state index contributed by atoms with van der Waals surface area (Å²) in [5.74, 6) is 0.121. The van der Waals surface area contributed by atoms with Crippen LogP contribution in [0.5, 0.6) is 0 Å². The van der Waals surface area contributed by atoms with E-state index in [2.05, 4.69) is 0 Å². The van der Waals surface area contributed by atoms with Crippen molar-refractivity contribution in [3.8, 4) is 0 Å². The second-order valence-corrected chi connectivity index (χ2v) is 9.98. The van der Waals surface area contributed by atoms with Crippen molar-refractivity contribution < 1.29 is 18.1 Å². The minimum atomic E-state index is -3.58. The van der Waals surface area contributed by atoms with E-state index in [-0.39, 0.29) is 28.8 Å². The quantitative estimate of drug-likeness (QED) is 0.382. The lowest BCUT2D eigenvalue weighted by Crippen LogP contribution is -2.38. The smallest absolute Gasteiger partial charge is 0.269 e. The number of nitro benzene ring substituents is 1. The molecule has 1 aliphatic heterocycles. The van der Waals surface area contributed by atoms with Crippen LogP contribution in [0.25, 0.3) is 0 Å². The van der Waals surface area contributed by atoms with Crippen molar-refractivity contribution in [3.63, 3.8) is 0 Å². The van der Waals surface area contributed by atoms with Gasteiger partial charge in [-0.3, -0.25) is 14.9 Å². The molecule has 0 radical (unpaired) electrons. The molecule has 3 rings (SSSR count). The van der Waals surface area contributed by atoms with Crippen LogP contribution in [0.1, 0.15) is 12.0 Å². The fourth-order valence-electron chi connectivity index (χ4n) is 3.14. The van der Waals surface area contributed by atoms with E-state index in [1.807, 2.05) is 6.92 Å². The molecule has 1 heterocycles. The second-order valence-electron chi connectivity index (χ2n) is 6.99. The Morgan fingerprint density at radius 3 is 2.33 bits per heavy atom. The molecule has 0 saturated carbocycles. The highest BCUT2D eigenvalue weighted by Gasteiger charge is 2.28. The van der Waals surface area contributed by atoms with Crippen molar-refractivity contribution in [2.24, 2.45) is 0 Å². The number of thioether (sulfide) groups is 1. The third-order valence-corrected chi connectivity index (χ3v) is 7.79. The topological polar surface area (TPSA) is 101 Å². The van der Waals surface area contributed by atoms with E-state index < -0.39 is 14.9 Å². The van der Waals surface area contributed by atoms with E-state index in [0.29, 0.717) is 26.1 Å². The van der Waals surface area contributed by atoms with Crippen molar-refractivity contribution in [1.29, 1.82) is 0 Å². The molecular weight excluding hydrogens is 426 g/mol. The van der Waals surface area contributed by atoms with Gasteiger partial charge in [0.25, 0.3) is 5.69 Å². The minimum absolute atomic E-state index is 0.00747. The lowest BCUT2D eigenvalue weighted by Gasteiger charge is -2.22. The van der Waals surface area contributed by atoms with Crippen LogP contribution in [0.2, 0.25) is 0 Å². The van der Waals surface area contributed by atoms with Gasteiger partial charge in [0, 0.05) is 43.2 Å². The minimum Gasteiger partial charge on any atom is -0.341 e. The Labute approximate surface area is 180 Å². The van der Waals surface area contributed by atoms with Crippen molar-refractivity contribution in [2.75, 3.05) is 31.9 Å². The third kappa shape index (κ3) is 5.38. The predicted molar refractivity (Wildman–Crippen MR) is 115 cm³/mol.